The number of benzene rings is 2. The molecule has 0 radical (unpaired) electrons. The second kappa shape index (κ2) is 9.51. The lowest BCUT2D eigenvalue weighted by molar-refractivity contribution is -0.142. The monoisotopic (exact) mass is 421 g/mol. The van der Waals surface area contributed by atoms with Crippen LogP contribution in [0.15, 0.2) is 48.5 Å². The fourth-order valence-electron chi connectivity index (χ4n) is 4.07. The average Bonchev–Trinajstić information content (AvgIpc) is 2.73. The van der Waals surface area contributed by atoms with Crippen molar-refractivity contribution in [3.05, 3.63) is 65.2 Å². The zero-order valence-corrected chi connectivity index (χ0v) is 17.1. The lowest BCUT2D eigenvalue weighted by Gasteiger charge is -2.38. The average molecular weight is 421 g/mol. The van der Waals surface area contributed by atoms with Crippen LogP contribution >= 0.6 is 0 Å². The van der Waals surface area contributed by atoms with E-state index in [1.54, 1.807) is 19.2 Å². The predicted octanol–water partition coefficient (Wildman–Crippen LogP) is 4.88. The van der Waals surface area contributed by atoms with Crippen molar-refractivity contribution in [2.45, 2.75) is 31.5 Å². The fraction of sp³-hybridized carbons (Fsp3) is 0.435. The zero-order chi connectivity index (χ0) is 21.7. The first kappa shape index (κ1) is 22.2. The number of halogens is 3. The molecule has 2 aromatic rings. The molecule has 0 aromatic heterocycles. The molecule has 162 valence electrons. The highest BCUT2D eigenvalue weighted by atomic mass is 19.4. The molecule has 1 aliphatic rings. The van der Waals surface area contributed by atoms with E-state index in [9.17, 15) is 18.0 Å². The summed E-state index contributed by atoms with van der Waals surface area (Å²) in [5, 5.41) is 0. The van der Waals surface area contributed by atoms with Crippen LogP contribution in [0.2, 0.25) is 0 Å². The van der Waals surface area contributed by atoms with E-state index in [4.69, 9.17) is 9.47 Å². The number of likely N-dealkylation sites (tertiary alicyclic amines) is 1. The molecule has 1 aliphatic heterocycles. The number of hydrogen-bond acceptors (Lipinski definition) is 4. The van der Waals surface area contributed by atoms with Crippen LogP contribution in [0.1, 0.15) is 35.4 Å². The SMILES string of the molecule is COC(=O)C[C@@H]1C[C@@H](c2ccc(C(F)(F)F)cc2)CN(Cc2ccc(OC)cc2)C1. The van der Waals surface area contributed by atoms with Gasteiger partial charge in [0.25, 0.3) is 0 Å². The lowest BCUT2D eigenvalue weighted by atomic mass is 9.82. The van der Waals surface area contributed by atoms with Crippen LogP contribution in [-0.2, 0) is 22.3 Å². The molecule has 2 atom stereocenters. The van der Waals surface area contributed by atoms with Gasteiger partial charge in [0.1, 0.15) is 5.75 Å². The number of hydrogen-bond donors (Lipinski definition) is 0. The molecule has 0 aliphatic carbocycles. The van der Waals surface area contributed by atoms with Gasteiger partial charge in [-0.3, -0.25) is 9.69 Å². The normalized spacial score (nSPS) is 20.0. The van der Waals surface area contributed by atoms with Crippen molar-refractivity contribution in [1.29, 1.82) is 0 Å². The number of ether oxygens (including phenoxy) is 2. The highest BCUT2D eigenvalue weighted by Crippen LogP contribution is 2.35. The van der Waals surface area contributed by atoms with Crippen LogP contribution in [0.4, 0.5) is 13.2 Å². The van der Waals surface area contributed by atoms with Gasteiger partial charge in [-0.05, 0) is 53.6 Å². The summed E-state index contributed by atoms with van der Waals surface area (Å²) in [6, 6.07) is 13.2. The van der Waals surface area contributed by atoms with Crippen molar-refractivity contribution in [3.8, 4) is 5.75 Å². The van der Waals surface area contributed by atoms with Crippen molar-refractivity contribution < 1.29 is 27.4 Å². The Bertz CT molecular complexity index is 834. The minimum absolute atomic E-state index is 0.0499. The molecule has 1 saturated heterocycles. The smallest absolute Gasteiger partial charge is 0.416 e. The Morgan fingerprint density at radius 2 is 1.70 bits per heavy atom. The molecule has 30 heavy (non-hydrogen) atoms. The molecule has 2 aromatic carbocycles. The first-order valence-corrected chi connectivity index (χ1v) is 9.87. The van der Waals surface area contributed by atoms with E-state index in [-0.39, 0.29) is 17.8 Å². The third-order valence-corrected chi connectivity index (χ3v) is 5.57. The zero-order valence-electron chi connectivity index (χ0n) is 17.1. The van der Waals surface area contributed by atoms with Gasteiger partial charge in [0.15, 0.2) is 0 Å². The first-order valence-electron chi connectivity index (χ1n) is 9.87. The Morgan fingerprint density at radius 1 is 1.03 bits per heavy atom. The van der Waals surface area contributed by atoms with Crippen LogP contribution in [0.5, 0.6) is 5.75 Å². The number of carbonyl (C=O) groups excluding carboxylic acids is 1. The van der Waals surface area contributed by atoms with Gasteiger partial charge in [-0.2, -0.15) is 13.2 Å². The van der Waals surface area contributed by atoms with Crippen molar-refractivity contribution in [2.24, 2.45) is 5.92 Å². The molecule has 1 fully saturated rings. The number of carbonyl (C=O) groups is 1. The third-order valence-electron chi connectivity index (χ3n) is 5.57. The Kier molecular flexibility index (Phi) is 7.02. The van der Waals surface area contributed by atoms with Gasteiger partial charge < -0.3 is 9.47 Å². The number of nitrogens with zero attached hydrogens (tertiary/aromatic N) is 1. The van der Waals surface area contributed by atoms with Gasteiger partial charge in [-0.15, -0.1) is 0 Å². The fourth-order valence-corrected chi connectivity index (χ4v) is 4.07. The van der Waals surface area contributed by atoms with Crippen LogP contribution in [0, 0.1) is 5.92 Å². The Labute approximate surface area is 174 Å². The molecular formula is C23H26F3NO3. The molecular weight excluding hydrogens is 395 g/mol. The van der Waals surface area contributed by atoms with Crippen molar-refractivity contribution in [1.82, 2.24) is 4.90 Å². The molecule has 0 amide bonds. The van der Waals surface area contributed by atoms with Gasteiger partial charge >= 0.3 is 12.1 Å². The molecule has 0 spiro atoms. The van der Waals surface area contributed by atoms with E-state index >= 15 is 0 Å². The van der Waals surface area contributed by atoms with Gasteiger partial charge in [0.05, 0.1) is 19.8 Å². The maximum absolute atomic E-state index is 12.9. The summed E-state index contributed by atoms with van der Waals surface area (Å²) in [6.07, 6.45) is -3.31. The lowest BCUT2D eigenvalue weighted by Crippen LogP contribution is -2.40. The van der Waals surface area contributed by atoms with Gasteiger partial charge in [0.2, 0.25) is 0 Å². The number of rotatable bonds is 6. The van der Waals surface area contributed by atoms with E-state index in [1.165, 1.54) is 7.11 Å². The van der Waals surface area contributed by atoms with E-state index in [0.717, 1.165) is 48.5 Å². The van der Waals surface area contributed by atoms with Gasteiger partial charge in [0, 0.05) is 26.1 Å². The molecule has 3 rings (SSSR count). The maximum atomic E-state index is 12.9. The highest BCUT2D eigenvalue weighted by molar-refractivity contribution is 5.69. The summed E-state index contributed by atoms with van der Waals surface area (Å²) in [6.45, 7) is 2.14. The number of esters is 1. The van der Waals surface area contributed by atoms with Gasteiger partial charge in [-0.1, -0.05) is 24.3 Å². The van der Waals surface area contributed by atoms with Crippen molar-refractivity contribution >= 4 is 5.97 Å². The summed E-state index contributed by atoms with van der Waals surface area (Å²) >= 11 is 0. The molecule has 0 bridgehead atoms. The molecule has 7 heteroatoms. The number of alkyl halides is 3. The molecule has 0 saturated carbocycles. The van der Waals surface area contributed by atoms with Crippen molar-refractivity contribution in [2.75, 3.05) is 27.3 Å². The first-order chi connectivity index (χ1) is 14.3. The Hall–Kier alpha value is -2.54. The van der Waals surface area contributed by atoms with Crippen LogP contribution in [-0.4, -0.2) is 38.2 Å². The van der Waals surface area contributed by atoms with E-state index in [1.807, 2.05) is 24.3 Å². The molecule has 0 unspecified atom stereocenters. The Morgan fingerprint density at radius 3 is 2.27 bits per heavy atom. The third kappa shape index (κ3) is 5.75. The van der Waals surface area contributed by atoms with Gasteiger partial charge in [-0.25, -0.2) is 0 Å². The predicted molar refractivity (Wildman–Crippen MR) is 107 cm³/mol. The standard InChI is InChI=1S/C23H26F3NO3/c1-29-21-9-3-16(4-10-21)13-27-14-17(12-22(28)30-2)11-19(15-27)18-5-7-20(8-6-18)23(24,25)26/h3-10,17,19H,11-15H2,1-2H3/t17-,19+/m0/s1. The summed E-state index contributed by atoms with van der Waals surface area (Å²) in [5.41, 5.74) is 1.32. The molecule has 0 N–H and O–H groups in total. The quantitative estimate of drug-likeness (QED) is 0.623. The summed E-state index contributed by atoms with van der Waals surface area (Å²) in [5.74, 6) is 0.645. The second-order valence-corrected chi connectivity index (χ2v) is 7.74. The highest BCUT2D eigenvalue weighted by Gasteiger charge is 2.32. The van der Waals surface area contributed by atoms with Crippen molar-refractivity contribution in [3.63, 3.8) is 0 Å². The second-order valence-electron chi connectivity index (χ2n) is 7.74. The minimum atomic E-state index is -4.35. The number of methoxy groups -OCH3 is 2. The minimum Gasteiger partial charge on any atom is -0.497 e. The van der Waals surface area contributed by atoms with Crippen LogP contribution in [0.3, 0.4) is 0 Å². The number of piperidine rings is 1. The largest absolute Gasteiger partial charge is 0.497 e. The maximum Gasteiger partial charge on any atom is 0.416 e. The Balaban J connectivity index is 1.76. The van der Waals surface area contributed by atoms with E-state index < -0.39 is 11.7 Å². The van der Waals surface area contributed by atoms with Crippen LogP contribution in [0.25, 0.3) is 0 Å². The van der Waals surface area contributed by atoms with E-state index in [2.05, 4.69) is 4.90 Å². The summed E-state index contributed by atoms with van der Waals surface area (Å²) < 4.78 is 48.7. The van der Waals surface area contributed by atoms with E-state index in [0.29, 0.717) is 13.0 Å². The van der Waals surface area contributed by atoms with Crippen LogP contribution < -0.4 is 4.74 Å². The molecule has 4 nitrogen and oxygen atoms in total. The molecule has 1 heterocycles. The summed E-state index contributed by atoms with van der Waals surface area (Å²) in [7, 11) is 2.99. The summed E-state index contributed by atoms with van der Waals surface area (Å²) in [4.78, 5) is 14.1. The topological polar surface area (TPSA) is 38.8 Å².